The highest BCUT2D eigenvalue weighted by molar-refractivity contribution is 5.68. The van der Waals surface area contributed by atoms with Crippen molar-refractivity contribution in [1.29, 1.82) is 0 Å². The number of hydrogen-bond acceptors (Lipinski definition) is 2. The van der Waals surface area contributed by atoms with E-state index in [1.807, 2.05) is 25.1 Å². The van der Waals surface area contributed by atoms with Crippen LogP contribution >= 0.6 is 0 Å². The van der Waals surface area contributed by atoms with Crippen molar-refractivity contribution in [3.05, 3.63) is 29.3 Å². The minimum atomic E-state index is -0.730. The fraction of sp³-hybridized carbons (Fsp3) is 0.500. The molecule has 1 aliphatic carbocycles. The molecule has 17 heavy (non-hydrogen) atoms. The summed E-state index contributed by atoms with van der Waals surface area (Å²) in [7, 11) is 0. The summed E-state index contributed by atoms with van der Waals surface area (Å²) in [6.07, 6.45) is 2.14. The largest absolute Gasteiger partial charge is 0.493 e. The second-order valence-corrected chi connectivity index (χ2v) is 5.11. The van der Waals surface area contributed by atoms with Gasteiger partial charge in [-0.2, -0.15) is 0 Å². The fourth-order valence-corrected chi connectivity index (χ4v) is 1.91. The first kappa shape index (κ1) is 12.0. The molecule has 3 nitrogen and oxygen atoms in total. The summed E-state index contributed by atoms with van der Waals surface area (Å²) in [5.41, 5.74) is 2.33. The van der Waals surface area contributed by atoms with Gasteiger partial charge < -0.3 is 9.84 Å². The van der Waals surface area contributed by atoms with E-state index in [1.54, 1.807) is 0 Å². The Morgan fingerprint density at radius 1 is 1.35 bits per heavy atom. The van der Waals surface area contributed by atoms with Crippen LogP contribution in [-0.4, -0.2) is 17.7 Å². The quantitative estimate of drug-likeness (QED) is 0.852. The molecule has 1 aliphatic rings. The summed E-state index contributed by atoms with van der Waals surface area (Å²) in [6.45, 7) is 4.63. The van der Waals surface area contributed by atoms with Crippen molar-refractivity contribution in [2.45, 2.75) is 33.1 Å². The first-order valence-electron chi connectivity index (χ1n) is 5.93. The smallest absolute Gasteiger partial charge is 0.304 e. The first-order chi connectivity index (χ1) is 8.01. The van der Waals surface area contributed by atoms with E-state index >= 15 is 0 Å². The Hall–Kier alpha value is -1.51. The molecule has 1 N–H and O–H groups in total. The Morgan fingerprint density at radius 2 is 2.06 bits per heavy atom. The standard InChI is InChI=1S/C14H18O3/c1-10-3-4-12(7-11(10)2)17-9-14(5-6-14)8-13(15)16/h3-4,7H,5-6,8-9H2,1-2H3,(H,15,16). The van der Waals surface area contributed by atoms with Crippen molar-refractivity contribution in [3.63, 3.8) is 0 Å². The topological polar surface area (TPSA) is 46.5 Å². The maximum Gasteiger partial charge on any atom is 0.304 e. The molecule has 0 aromatic heterocycles. The predicted molar refractivity (Wildman–Crippen MR) is 65.3 cm³/mol. The molecule has 0 spiro atoms. The van der Waals surface area contributed by atoms with Crippen LogP contribution in [0.3, 0.4) is 0 Å². The molecular formula is C14H18O3. The van der Waals surface area contributed by atoms with Crippen LogP contribution in [0, 0.1) is 19.3 Å². The molecule has 0 atom stereocenters. The monoisotopic (exact) mass is 234 g/mol. The molecule has 1 fully saturated rings. The number of rotatable bonds is 5. The van der Waals surface area contributed by atoms with Gasteiger partial charge in [-0.3, -0.25) is 4.79 Å². The van der Waals surface area contributed by atoms with Gasteiger partial charge in [-0.15, -0.1) is 0 Å². The van der Waals surface area contributed by atoms with Crippen LogP contribution in [0.25, 0.3) is 0 Å². The van der Waals surface area contributed by atoms with Crippen LogP contribution in [-0.2, 0) is 4.79 Å². The van der Waals surface area contributed by atoms with Gasteiger partial charge in [0.15, 0.2) is 0 Å². The Kier molecular flexibility index (Phi) is 3.09. The minimum Gasteiger partial charge on any atom is -0.493 e. The zero-order chi connectivity index (χ0) is 12.5. The first-order valence-corrected chi connectivity index (χ1v) is 5.93. The second-order valence-electron chi connectivity index (χ2n) is 5.11. The summed E-state index contributed by atoms with van der Waals surface area (Å²) >= 11 is 0. The maximum absolute atomic E-state index is 10.7. The molecule has 0 aliphatic heterocycles. The molecule has 1 aromatic carbocycles. The number of carboxylic acids is 1. The molecule has 3 heteroatoms. The zero-order valence-electron chi connectivity index (χ0n) is 10.3. The highest BCUT2D eigenvalue weighted by Gasteiger charge is 2.45. The Morgan fingerprint density at radius 3 is 2.59 bits per heavy atom. The van der Waals surface area contributed by atoms with Crippen molar-refractivity contribution in [2.75, 3.05) is 6.61 Å². The summed E-state index contributed by atoms with van der Waals surface area (Å²) in [5.74, 6) is 0.107. The lowest BCUT2D eigenvalue weighted by Crippen LogP contribution is -2.17. The van der Waals surface area contributed by atoms with Gasteiger partial charge in [0.05, 0.1) is 13.0 Å². The van der Waals surface area contributed by atoms with Gasteiger partial charge in [0.2, 0.25) is 0 Å². The van der Waals surface area contributed by atoms with Crippen LogP contribution in [0.5, 0.6) is 5.75 Å². The van der Waals surface area contributed by atoms with E-state index in [0.29, 0.717) is 6.61 Å². The number of benzene rings is 1. The molecule has 0 amide bonds. The van der Waals surface area contributed by atoms with Crippen LogP contribution < -0.4 is 4.74 Å². The van der Waals surface area contributed by atoms with Crippen LogP contribution in [0.1, 0.15) is 30.4 Å². The fourth-order valence-electron chi connectivity index (χ4n) is 1.91. The minimum absolute atomic E-state index is 0.107. The Bertz CT molecular complexity index is 433. The highest BCUT2D eigenvalue weighted by Crippen LogP contribution is 2.49. The third-order valence-corrected chi connectivity index (χ3v) is 3.51. The number of hydrogen-bond donors (Lipinski definition) is 1. The summed E-state index contributed by atoms with van der Waals surface area (Å²) < 4.78 is 5.71. The SMILES string of the molecule is Cc1ccc(OCC2(CC(=O)O)CC2)cc1C. The summed E-state index contributed by atoms with van der Waals surface area (Å²) in [5, 5.41) is 8.81. The zero-order valence-corrected chi connectivity index (χ0v) is 10.3. The van der Waals surface area contributed by atoms with E-state index in [-0.39, 0.29) is 11.8 Å². The lowest BCUT2D eigenvalue weighted by molar-refractivity contribution is -0.138. The lowest BCUT2D eigenvalue weighted by Gasteiger charge is -2.14. The molecule has 0 heterocycles. The highest BCUT2D eigenvalue weighted by atomic mass is 16.5. The lowest BCUT2D eigenvalue weighted by atomic mass is 10.0. The molecule has 0 bridgehead atoms. The normalized spacial score (nSPS) is 16.6. The van der Waals surface area contributed by atoms with E-state index in [9.17, 15) is 4.79 Å². The molecule has 1 saturated carbocycles. The van der Waals surface area contributed by atoms with Gasteiger partial charge in [0.25, 0.3) is 0 Å². The van der Waals surface area contributed by atoms with Gasteiger partial charge in [0.1, 0.15) is 5.75 Å². The van der Waals surface area contributed by atoms with Crippen molar-refractivity contribution < 1.29 is 14.6 Å². The van der Waals surface area contributed by atoms with Crippen LogP contribution in [0.15, 0.2) is 18.2 Å². The molecule has 92 valence electrons. The van der Waals surface area contributed by atoms with Crippen molar-refractivity contribution in [1.82, 2.24) is 0 Å². The van der Waals surface area contributed by atoms with Gasteiger partial charge in [0, 0.05) is 5.41 Å². The van der Waals surface area contributed by atoms with Gasteiger partial charge in [-0.05, 0) is 49.9 Å². The third-order valence-electron chi connectivity index (χ3n) is 3.51. The predicted octanol–water partition coefficient (Wildman–Crippen LogP) is 2.94. The molecular weight excluding hydrogens is 216 g/mol. The molecule has 0 radical (unpaired) electrons. The molecule has 0 unspecified atom stereocenters. The van der Waals surface area contributed by atoms with E-state index in [0.717, 1.165) is 18.6 Å². The van der Waals surface area contributed by atoms with Crippen molar-refractivity contribution >= 4 is 5.97 Å². The molecule has 1 aromatic rings. The van der Waals surface area contributed by atoms with Crippen LogP contribution in [0.2, 0.25) is 0 Å². The second kappa shape index (κ2) is 4.40. The van der Waals surface area contributed by atoms with Crippen LogP contribution in [0.4, 0.5) is 0 Å². The van der Waals surface area contributed by atoms with Crippen molar-refractivity contribution in [3.8, 4) is 5.75 Å². The summed E-state index contributed by atoms with van der Waals surface area (Å²) in [4.78, 5) is 10.7. The number of carbonyl (C=O) groups is 1. The number of aliphatic carboxylic acids is 1. The van der Waals surface area contributed by atoms with E-state index in [2.05, 4.69) is 6.92 Å². The van der Waals surface area contributed by atoms with Gasteiger partial charge in [-0.25, -0.2) is 0 Å². The molecule has 2 rings (SSSR count). The summed E-state index contributed by atoms with van der Waals surface area (Å²) in [6, 6.07) is 5.98. The van der Waals surface area contributed by atoms with Gasteiger partial charge in [-0.1, -0.05) is 6.07 Å². The van der Waals surface area contributed by atoms with Gasteiger partial charge >= 0.3 is 5.97 Å². The Labute approximate surface area is 101 Å². The maximum atomic E-state index is 10.7. The van der Waals surface area contributed by atoms with E-state index in [1.165, 1.54) is 11.1 Å². The van der Waals surface area contributed by atoms with E-state index < -0.39 is 5.97 Å². The number of ether oxygens (including phenoxy) is 1. The number of aryl methyl sites for hydroxylation is 2. The third kappa shape index (κ3) is 2.99. The Balaban J connectivity index is 1.94. The average Bonchev–Trinajstić information content (AvgIpc) is 2.99. The van der Waals surface area contributed by atoms with E-state index in [4.69, 9.17) is 9.84 Å². The molecule has 0 saturated heterocycles. The average molecular weight is 234 g/mol. The van der Waals surface area contributed by atoms with Crippen molar-refractivity contribution in [2.24, 2.45) is 5.41 Å². The number of carboxylic acid groups (broad SMARTS) is 1.